The van der Waals surface area contributed by atoms with Gasteiger partial charge in [-0.05, 0) is 63.0 Å². The fraction of sp³-hybridized carbons (Fsp3) is 0.667. The van der Waals surface area contributed by atoms with E-state index in [9.17, 15) is 24.0 Å². The van der Waals surface area contributed by atoms with Crippen molar-refractivity contribution in [3.8, 4) is 0 Å². The molecular weight excluding hydrogens is 471 g/mol. The number of allylic oxidation sites excluding steroid dienone is 4. The topological polar surface area (TPSA) is 113 Å². The Morgan fingerprint density at radius 1 is 1.08 bits per heavy atom. The van der Waals surface area contributed by atoms with Crippen molar-refractivity contribution >= 4 is 29.5 Å². The summed E-state index contributed by atoms with van der Waals surface area (Å²) in [5.41, 5.74) is -5.45. The number of Topliss-reactive ketones (excluding diaryl/α,β-unsaturated/α-hetero) is 1. The number of esters is 3. The van der Waals surface area contributed by atoms with Gasteiger partial charge in [0.2, 0.25) is 5.78 Å². The van der Waals surface area contributed by atoms with E-state index in [1.54, 1.807) is 19.9 Å². The molecule has 4 aliphatic rings. The highest BCUT2D eigenvalue weighted by Crippen LogP contribution is 2.72. The first kappa shape index (κ1) is 26.2. The van der Waals surface area contributed by atoms with Crippen LogP contribution in [0.5, 0.6) is 0 Å². The average molecular weight is 505 g/mol. The fourth-order valence-corrected chi connectivity index (χ4v) is 7.86. The SMILES string of the molecule is COC(=O)C1CC2(C)C(CCC2(OC(C)=O)C(=O)COC(C)=O)C2CCC3=CC(=O)C=CC3(C)C12F. The summed E-state index contributed by atoms with van der Waals surface area (Å²) in [5, 5.41) is 0. The first-order chi connectivity index (χ1) is 16.8. The summed E-state index contributed by atoms with van der Waals surface area (Å²) in [7, 11) is 1.19. The van der Waals surface area contributed by atoms with Crippen molar-refractivity contribution in [2.45, 2.75) is 71.1 Å². The van der Waals surface area contributed by atoms with Gasteiger partial charge in [-0.2, -0.15) is 0 Å². The molecule has 0 amide bonds. The third-order valence-corrected chi connectivity index (χ3v) is 9.45. The Bertz CT molecular complexity index is 1090. The van der Waals surface area contributed by atoms with E-state index in [-0.39, 0.29) is 18.6 Å². The molecule has 0 heterocycles. The van der Waals surface area contributed by atoms with E-state index in [1.165, 1.54) is 33.1 Å². The molecule has 8 nitrogen and oxygen atoms in total. The summed E-state index contributed by atoms with van der Waals surface area (Å²) in [5.74, 6) is -5.26. The zero-order valence-electron chi connectivity index (χ0n) is 21.4. The van der Waals surface area contributed by atoms with Crippen LogP contribution in [-0.2, 0) is 38.2 Å². The van der Waals surface area contributed by atoms with Crippen molar-refractivity contribution in [3.05, 3.63) is 23.8 Å². The van der Waals surface area contributed by atoms with Gasteiger partial charge in [0.1, 0.15) is 5.67 Å². The molecule has 0 radical (unpaired) electrons. The molecule has 0 spiro atoms. The van der Waals surface area contributed by atoms with E-state index >= 15 is 4.39 Å². The normalized spacial score (nSPS) is 40.8. The van der Waals surface area contributed by atoms with Gasteiger partial charge in [0.05, 0.1) is 13.0 Å². The van der Waals surface area contributed by atoms with Crippen molar-refractivity contribution in [1.82, 2.24) is 0 Å². The number of rotatable bonds is 5. The van der Waals surface area contributed by atoms with Crippen molar-refractivity contribution in [3.63, 3.8) is 0 Å². The standard InChI is InChI=1S/C27H33FO8/c1-15(29)35-14-22(32)26(36-16(2)30)11-9-19-20-7-6-17-12-18(31)8-10-24(17,3)27(20,28)21(23(33)34-5)13-25(19,26)4/h8,10,12,19-21H,6-7,9,11,13-14H2,1-5H3. The number of alkyl halides is 1. The highest BCUT2D eigenvalue weighted by atomic mass is 19.1. The Hall–Kier alpha value is -2.84. The molecule has 196 valence electrons. The number of ketones is 2. The predicted molar refractivity (Wildman–Crippen MR) is 124 cm³/mol. The van der Waals surface area contributed by atoms with Crippen molar-refractivity contribution in [1.29, 1.82) is 0 Å². The highest BCUT2D eigenvalue weighted by Gasteiger charge is 2.76. The summed E-state index contributed by atoms with van der Waals surface area (Å²) in [6.45, 7) is 5.26. The summed E-state index contributed by atoms with van der Waals surface area (Å²) in [6.07, 6.45) is 5.60. The molecule has 0 bridgehead atoms. The van der Waals surface area contributed by atoms with Crippen LogP contribution >= 0.6 is 0 Å². The summed E-state index contributed by atoms with van der Waals surface area (Å²) in [4.78, 5) is 62.6. The Morgan fingerprint density at radius 3 is 2.39 bits per heavy atom. The predicted octanol–water partition coefficient (Wildman–Crippen LogP) is 3.22. The molecule has 3 saturated carbocycles. The molecule has 7 unspecified atom stereocenters. The van der Waals surface area contributed by atoms with Gasteiger partial charge in [0.25, 0.3) is 0 Å². The number of carbonyl (C=O) groups is 5. The fourth-order valence-electron chi connectivity index (χ4n) is 7.86. The van der Waals surface area contributed by atoms with E-state index in [0.717, 1.165) is 0 Å². The molecule has 4 aliphatic carbocycles. The lowest BCUT2D eigenvalue weighted by atomic mass is 9.42. The zero-order chi connectivity index (χ0) is 26.7. The largest absolute Gasteiger partial charge is 0.469 e. The Morgan fingerprint density at radius 2 is 1.78 bits per heavy atom. The van der Waals surface area contributed by atoms with Crippen LogP contribution in [-0.4, -0.2) is 54.5 Å². The second-order valence-corrected chi connectivity index (χ2v) is 11.0. The molecule has 0 aromatic rings. The van der Waals surface area contributed by atoms with Crippen LogP contribution in [0.2, 0.25) is 0 Å². The minimum Gasteiger partial charge on any atom is -0.469 e. The van der Waals surface area contributed by atoms with Gasteiger partial charge in [-0.25, -0.2) is 4.39 Å². The molecule has 0 aromatic heterocycles. The van der Waals surface area contributed by atoms with Crippen LogP contribution in [0.1, 0.15) is 59.8 Å². The van der Waals surface area contributed by atoms with Crippen LogP contribution in [0.3, 0.4) is 0 Å². The molecular formula is C27H33FO8. The number of ether oxygens (including phenoxy) is 3. The molecule has 9 heteroatoms. The second kappa shape index (κ2) is 8.63. The third-order valence-electron chi connectivity index (χ3n) is 9.45. The van der Waals surface area contributed by atoms with Gasteiger partial charge >= 0.3 is 17.9 Å². The van der Waals surface area contributed by atoms with Crippen LogP contribution in [0.15, 0.2) is 23.8 Å². The molecule has 4 rings (SSSR count). The number of methoxy groups -OCH3 is 1. The van der Waals surface area contributed by atoms with E-state index in [1.807, 2.05) is 0 Å². The quantitative estimate of drug-likeness (QED) is 0.414. The zero-order valence-corrected chi connectivity index (χ0v) is 21.4. The van der Waals surface area contributed by atoms with Gasteiger partial charge in [-0.15, -0.1) is 0 Å². The summed E-state index contributed by atoms with van der Waals surface area (Å²) >= 11 is 0. The van der Waals surface area contributed by atoms with Crippen LogP contribution in [0, 0.1) is 28.6 Å². The second-order valence-electron chi connectivity index (χ2n) is 11.0. The highest BCUT2D eigenvalue weighted by molar-refractivity contribution is 6.01. The summed E-state index contributed by atoms with van der Waals surface area (Å²) < 4.78 is 33.6. The lowest BCUT2D eigenvalue weighted by Crippen LogP contribution is -2.69. The van der Waals surface area contributed by atoms with E-state index < -0.39 is 70.2 Å². The molecule has 0 saturated heterocycles. The maximum absolute atomic E-state index is 17.8. The number of halogens is 1. The van der Waals surface area contributed by atoms with Crippen LogP contribution < -0.4 is 0 Å². The van der Waals surface area contributed by atoms with Crippen LogP contribution in [0.4, 0.5) is 4.39 Å². The number of carbonyl (C=O) groups excluding carboxylic acids is 5. The summed E-state index contributed by atoms with van der Waals surface area (Å²) in [6, 6.07) is 0. The lowest BCUT2D eigenvalue weighted by Gasteiger charge is -2.63. The number of fused-ring (bicyclic) bond motifs is 5. The molecule has 0 N–H and O–H groups in total. The van der Waals surface area contributed by atoms with Crippen LogP contribution in [0.25, 0.3) is 0 Å². The Balaban J connectivity index is 1.87. The third kappa shape index (κ3) is 3.41. The first-order valence-corrected chi connectivity index (χ1v) is 12.3. The Kier molecular flexibility index (Phi) is 6.29. The van der Waals surface area contributed by atoms with Gasteiger partial charge < -0.3 is 14.2 Å². The van der Waals surface area contributed by atoms with E-state index in [0.29, 0.717) is 24.8 Å². The smallest absolute Gasteiger partial charge is 0.311 e. The minimum atomic E-state index is -2.09. The molecule has 0 aromatic carbocycles. The van der Waals surface area contributed by atoms with Gasteiger partial charge in [0.15, 0.2) is 18.0 Å². The molecule has 0 aliphatic heterocycles. The number of hydrogen-bond acceptors (Lipinski definition) is 8. The molecule has 3 fully saturated rings. The maximum Gasteiger partial charge on any atom is 0.311 e. The molecule has 7 atom stereocenters. The van der Waals surface area contributed by atoms with E-state index in [2.05, 4.69) is 0 Å². The van der Waals surface area contributed by atoms with Crippen molar-refractivity contribution < 1.29 is 42.6 Å². The van der Waals surface area contributed by atoms with Gasteiger partial charge in [-0.3, -0.25) is 24.0 Å². The monoisotopic (exact) mass is 504 g/mol. The van der Waals surface area contributed by atoms with Crippen molar-refractivity contribution in [2.75, 3.05) is 13.7 Å². The van der Waals surface area contributed by atoms with Gasteiger partial charge in [-0.1, -0.05) is 18.6 Å². The first-order valence-electron chi connectivity index (χ1n) is 12.3. The van der Waals surface area contributed by atoms with E-state index in [4.69, 9.17) is 14.2 Å². The number of hydrogen-bond donors (Lipinski definition) is 0. The van der Waals surface area contributed by atoms with Gasteiger partial charge in [0, 0.05) is 24.7 Å². The Labute approximate surface area is 209 Å². The average Bonchev–Trinajstić information content (AvgIpc) is 3.09. The molecule has 36 heavy (non-hydrogen) atoms. The minimum absolute atomic E-state index is 0.110. The van der Waals surface area contributed by atoms with Crippen molar-refractivity contribution in [2.24, 2.45) is 28.6 Å². The lowest BCUT2D eigenvalue weighted by molar-refractivity contribution is -0.216. The maximum atomic E-state index is 17.8.